The maximum atomic E-state index is 12.4. The average Bonchev–Trinajstić information content (AvgIpc) is 2.40. The van der Waals surface area contributed by atoms with Crippen LogP contribution in [-0.2, 0) is 6.18 Å². The summed E-state index contributed by atoms with van der Waals surface area (Å²) in [6.07, 6.45) is -4.51. The van der Waals surface area contributed by atoms with E-state index < -0.39 is 16.8 Å². The maximum Gasteiger partial charge on any atom is 0.417 e. The molecule has 0 bridgehead atoms. The van der Waals surface area contributed by atoms with Gasteiger partial charge in [-0.15, -0.1) is 0 Å². The maximum absolute atomic E-state index is 12.4. The van der Waals surface area contributed by atoms with Gasteiger partial charge in [-0.3, -0.25) is 0 Å². The summed E-state index contributed by atoms with van der Waals surface area (Å²) in [5, 5.41) is -0.439. The molecule has 15 heavy (non-hydrogen) atoms. The van der Waals surface area contributed by atoms with E-state index in [0.717, 1.165) is 12.1 Å². The lowest BCUT2D eigenvalue weighted by atomic mass is 10.2. The van der Waals surface area contributed by atoms with Crippen molar-refractivity contribution in [1.82, 2.24) is 4.98 Å². The Balaban J connectivity index is 2.72. The van der Waals surface area contributed by atoms with Gasteiger partial charge in [0.2, 0.25) is 0 Å². The third kappa shape index (κ3) is 1.72. The van der Waals surface area contributed by atoms with Crippen LogP contribution in [0, 0.1) is 0 Å². The van der Waals surface area contributed by atoms with E-state index in [1.165, 1.54) is 0 Å². The van der Waals surface area contributed by atoms with Crippen molar-refractivity contribution >= 4 is 28.7 Å². The normalized spacial score (nSPS) is 12.3. The molecule has 0 aliphatic heterocycles. The molecule has 80 valence electrons. The molecule has 0 radical (unpaired) electrons. The SMILES string of the molecule is Nc1nc2cc(C(F)(F)F)c(Cl)cc2o1. The average molecular weight is 237 g/mol. The van der Waals surface area contributed by atoms with E-state index in [4.69, 9.17) is 21.8 Å². The second-order valence-corrected chi connectivity index (χ2v) is 3.26. The number of alkyl halides is 3. The molecule has 0 amide bonds. The Kier molecular flexibility index (Phi) is 2.04. The van der Waals surface area contributed by atoms with Crippen LogP contribution < -0.4 is 5.73 Å². The van der Waals surface area contributed by atoms with Crippen LogP contribution in [0.5, 0.6) is 0 Å². The Morgan fingerprint density at radius 1 is 1.33 bits per heavy atom. The fourth-order valence-corrected chi connectivity index (χ4v) is 1.44. The zero-order valence-corrected chi connectivity index (χ0v) is 7.86. The number of benzene rings is 1. The predicted octanol–water partition coefficient (Wildman–Crippen LogP) is 3.08. The molecule has 0 aliphatic rings. The molecule has 0 saturated heterocycles. The van der Waals surface area contributed by atoms with E-state index in [0.29, 0.717) is 0 Å². The first-order valence-electron chi connectivity index (χ1n) is 3.80. The van der Waals surface area contributed by atoms with Gasteiger partial charge in [0, 0.05) is 6.07 Å². The highest BCUT2D eigenvalue weighted by molar-refractivity contribution is 6.32. The van der Waals surface area contributed by atoms with Crippen LogP contribution in [0.2, 0.25) is 5.02 Å². The molecule has 2 rings (SSSR count). The van der Waals surface area contributed by atoms with Gasteiger partial charge >= 0.3 is 6.18 Å². The molecule has 0 aliphatic carbocycles. The summed E-state index contributed by atoms with van der Waals surface area (Å²) in [4.78, 5) is 3.58. The highest BCUT2D eigenvalue weighted by Crippen LogP contribution is 2.37. The first kappa shape index (κ1) is 10.1. The van der Waals surface area contributed by atoms with Crippen molar-refractivity contribution in [3.05, 3.63) is 22.7 Å². The molecular weight excluding hydrogens is 233 g/mol. The second-order valence-electron chi connectivity index (χ2n) is 2.85. The zero-order chi connectivity index (χ0) is 11.2. The quantitative estimate of drug-likeness (QED) is 0.765. The van der Waals surface area contributed by atoms with Crippen molar-refractivity contribution < 1.29 is 17.6 Å². The van der Waals surface area contributed by atoms with Crippen LogP contribution in [0.25, 0.3) is 11.1 Å². The lowest BCUT2D eigenvalue weighted by molar-refractivity contribution is -0.137. The van der Waals surface area contributed by atoms with Crippen molar-refractivity contribution in [1.29, 1.82) is 0 Å². The number of fused-ring (bicyclic) bond motifs is 1. The van der Waals surface area contributed by atoms with Crippen molar-refractivity contribution in [3.63, 3.8) is 0 Å². The first-order chi connectivity index (χ1) is 6.88. The molecule has 2 aromatic rings. The monoisotopic (exact) mass is 236 g/mol. The highest BCUT2D eigenvalue weighted by Gasteiger charge is 2.34. The van der Waals surface area contributed by atoms with Crippen molar-refractivity contribution in [2.24, 2.45) is 0 Å². The van der Waals surface area contributed by atoms with E-state index >= 15 is 0 Å². The number of anilines is 1. The summed E-state index contributed by atoms with van der Waals surface area (Å²) in [5.41, 5.74) is 4.41. The van der Waals surface area contributed by atoms with Crippen molar-refractivity contribution in [3.8, 4) is 0 Å². The van der Waals surface area contributed by atoms with E-state index in [1.54, 1.807) is 0 Å². The van der Waals surface area contributed by atoms with Crippen LogP contribution in [0.3, 0.4) is 0 Å². The molecular formula is C8H4ClF3N2O. The number of nitrogen functional groups attached to an aromatic ring is 1. The third-order valence-corrected chi connectivity index (χ3v) is 2.11. The van der Waals surface area contributed by atoms with E-state index in [1.807, 2.05) is 0 Å². The molecule has 7 heteroatoms. The van der Waals surface area contributed by atoms with Crippen molar-refractivity contribution in [2.45, 2.75) is 6.18 Å². The zero-order valence-electron chi connectivity index (χ0n) is 7.10. The van der Waals surface area contributed by atoms with Gasteiger partial charge in [0.1, 0.15) is 5.52 Å². The van der Waals surface area contributed by atoms with Gasteiger partial charge in [0.25, 0.3) is 6.01 Å². The highest BCUT2D eigenvalue weighted by atomic mass is 35.5. The lowest BCUT2D eigenvalue weighted by Gasteiger charge is -2.07. The van der Waals surface area contributed by atoms with Gasteiger partial charge in [0.05, 0.1) is 10.6 Å². The number of oxazole rings is 1. The molecule has 1 aromatic carbocycles. The molecule has 1 aromatic heterocycles. The topological polar surface area (TPSA) is 52.0 Å². The minimum atomic E-state index is -4.51. The smallest absolute Gasteiger partial charge is 0.417 e. The lowest BCUT2D eigenvalue weighted by Crippen LogP contribution is -2.05. The van der Waals surface area contributed by atoms with Crippen LogP contribution in [0.15, 0.2) is 16.5 Å². The first-order valence-corrected chi connectivity index (χ1v) is 4.18. The summed E-state index contributed by atoms with van der Waals surface area (Å²) in [6, 6.07) is 1.65. The van der Waals surface area contributed by atoms with Gasteiger partial charge in [-0.05, 0) is 6.07 Å². The summed E-state index contributed by atoms with van der Waals surface area (Å²) >= 11 is 5.45. The van der Waals surface area contributed by atoms with Gasteiger partial charge in [0.15, 0.2) is 5.58 Å². The van der Waals surface area contributed by atoms with E-state index in [9.17, 15) is 13.2 Å². The molecule has 1 heterocycles. The summed E-state index contributed by atoms with van der Waals surface area (Å²) < 4.78 is 42.1. The van der Waals surface area contributed by atoms with Crippen LogP contribution >= 0.6 is 11.6 Å². The fourth-order valence-electron chi connectivity index (χ4n) is 1.18. The number of nitrogens with zero attached hydrogens (tertiary/aromatic N) is 1. The Morgan fingerprint density at radius 3 is 2.60 bits per heavy atom. The number of hydrogen-bond acceptors (Lipinski definition) is 3. The molecule has 3 nitrogen and oxygen atoms in total. The summed E-state index contributed by atoms with van der Waals surface area (Å²) in [6.45, 7) is 0. The summed E-state index contributed by atoms with van der Waals surface area (Å²) in [5.74, 6) is 0. The molecule has 0 atom stereocenters. The number of nitrogens with two attached hydrogens (primary N) is 1. The number of rotatable bonds is 0. The van der Waals surface area contributed by atoms with Gasteiger partial charge in [-0.2, -0.15) is 18.2 Å². The molecule has 0 fully saturated rings. The number of hydrogen-bond donors (Lipinski definition) is 1. The second kappa shape index (κ2) is 3.03. The minimum Gasteiger partial charge on any atom is -0.424 e. The Morgan fingerprint density at radius 2 is 2.00 bits per heavy atom. The number of aromatic nitrogens is 1. The van der Waals surface area contributed by atoms with Crippen molar-refractivity contribution in [2.75, 3.05) is 5.73 Å². The van der Waals surface area contributed by atoms with Crippen LogP contribution in [-0.4, -0.2) is 4.98 Å². The van der Waals surface area contributed by atoms with Crippen LogP contribution in [0.1, 0.15) is 5.56 Å². The van der Waals surface area contributed by atoms with Crippen LogP contribution in [0.4, 0.5) is 19.2 Å². The fraction of sp³-hybridized carbons (Fsp3) is 0.125. The van der Waals surface area contributed by atoms with E-state index in [2.05, 4.69) is 4.98 Å². The standard InChI is InChI=1S/C8H4ClF3N2O/c9-4-2-6-5(14-7(13)15-6)1-3(4)8(10,11)12/h1-2H,(H2,13,14). The summed E-state index contributed by atoms with van der Waals surface area (Å²) in [7, 11) is 0. The number of halogens is 4. The largest absolute Gasteiger partial charge is 0.424 e. The van der Waals surface area contributed by atoms with Gasteiger partial charge in [-0.25, -0.2) is 0 Å². The third-order valence-electron chi connectivity index (χ3n) is 1.80. The molecule has 2 N–H and O–H groups in total. The molecule has 0 spiro atoms. The van der Waals surface area contributed by atoms with E-state index in [-0.39, 0.29) is 17.1 Å². The molecule has 0 saturated carbocycles. The Labute approximate surface area is 86.6 Å². The van der Waals surface area contributed by atoms with Gasteiger partial charge in [-0.1, -0.05) is 11.6 Å². The Bertz CT molecular complexity index is 520. The Hall–Kier alpha value is -1.43. The minimum absolute atomic E-state index is 0.0317. The molecule has 0 unspecified atom stereocenters. The van der Waals surface area contributed by atoms with Gasteiger partial charge < -0.3 is 10.2 Å². The predicted molar refractivity (Wildman–Crippen MR) is 48.4 cm³/mol.